The molecular formula is C9H7BrClFN4S. The van der Waals surface area contributed by atoms with Gasteiger partial charge in [0.2, 0.25) is 0 Å². The van der Waals surface area contributed by atoms with E-state index in [4.69, 9.17) is 17.4 Å². The Morgan fingerprint density at radius 3 is 2.88 bits per heavy atom. The van der Waals surface area contributed by atoms with Crippen molar-refractivity contribution >= 4 is 39.3 Å². The third kappa shape index (κ3) is 2.48. The molecule has 0 amide bonds. The first kappa shape index (κ1) is 12.8. The molecule has 17 heavy (non-hydrogen) atoms. The van der Waals surface area contributed by atoms with Gasteiger partial charge in [-0.1, -0.05) is 17.7 Å². The third-order valence-electron chi connectivity index (χ3n) is 2.22. The zero-order valence-electron chi connectivity index (χ0n) is 8.32. The first-order valence-electron chi connectivity index (χ1n) is 4.52. The molecule has 0 radical (unpaired) electrons. The van der Waals surface area contributed by atoms with Gasteiger partial charge in [-0.15, -0.1) is 0 Å². The van der Waals surface area contributed by atoms with E-state index < -0.39 is 11.9 Å². The minimum atomic E-state index is -0.570. The number of hydrazine groups is 1. The van der Waals surface area contributed by atoms with Gasteiger partial charge in [-0.2, -0.15) is 8.75 Å². The van der Waals surface area contributed by atoms with Crippen LogP contribution in [0.15, 0.2) is 22.8 Å². The lowest BCUT2D eigenvalue weighted by atomic mass is 10.0. The van der Waals surface area contributed by atoms with Crippen molar-refractivity contribution in [3.05, 3.63) is 44.9 Å². The van der Waals surface area contributed by atoms with Crippen molar-refractivity contribution in [3.63, 3.8) is 0 Å². The molecule has 4 nitrogen and oxygen atoms in total. The average Bonchev–Trinajstić information content (AvgIpc) is 2.84. The van der Waals surface area contributed by atoms with Crippen LogP contribution >= 0.6 is 39.3 Å². The van der Waals surface area contributed by atoms with Gasteiger partial charge in [0, 0.05) is 10.0 Å². The quantitative estimate of drug-likeness (QED) is 0.513. The average molecular weight is 338 g/mol. The zero-order valence-corrected chi connectivity index (χ0v) is 11.5. The number of halogens is 3. The maximum absolute atomic E-state index is 14.0. The first-order valence-corrected chi connectivity index (χ1v) is 6.42. The summed E-state index contributed by atoms with van der Waals surface area (Å²) >= 11 is 10.0. The summed E-state index contributed by atoms with van der Waals surface area (Å²) < 4.78 is 22.4. The second kappa shape index (κ2) is 5.36. The van der Waals surface area contributed by atoms with Gasteiger partial charge in [0.15, 0.2) is 0 Å². The van der Waals surface area contributed by atoms with Crippen LogP contribution in [-0.4, -0.2) is 8.75 Å². The van der Waals surface area contributed by atoms with Crippen molar-refractivity contribution in [2.75, 3.05) is 0 Å². The molecule has 1 heterocycles. The molecular weight excluding hydrogens is 331 g/mol. The number of aromatic nitrogens is 2. The maximum Gasteiger partial charge on any atom is 0.148 e. The molecule has 1 aromatic heterocycles. The summed E-state index contributed by atoms with van der Waals surface area (Å²) in [5, 5.41) is 0.0194. The smallest absolute Gasteiger partial charge is 0.148 e. The molecule has 0 aliphatic heterocycles. The molecule has 1 aromatic carbocycles. The Balaban J connectivity index is 2.49. The van der Waals surface area contributed by atoms with Crippen LogP contribution in [0.1, 0.15) is 17.3 Å². The van der Waals surface area contributed by atoms with E-state index >= 15 is 0 Å². The molecule has 0 saturated heterocycles. The molecule has 0 spiro atoms. The lowest BCUT2D eigenvalue weighted by molar-refractivity contribution is 0.555. The summed E-state index contributed by atoms with van der Waals surface area (Å²) in [6.07, 6.45) is 1.53. The number of hydrogen-bond acceptors (Lipinski definition) is 5. The van der Waals surface area contributed by atoms with Crippen molar-refractivity contribution in [2.24, 2.45) is 5.84 Å². The molecule has 1 unspecified atom stereocenters. The number of hydrogen-bond donors (Lipinski definition) is 2. The van der Waals surface area contributed by atoms with E-state index in [1.54, 1.807) is 12.1 Å². The lowest BCUT2D eigenvalue weighted by Gasteiger charge is -2.15. The predicted octanol–water partition coefficient (Wildman–Crippen LogP) is 2.65. The van der Waals surface area contributed by atoms with Crippen LogP contribution in [0, 0.1) is 5.82 Å². The highest BCUT2D eigenvalue weighted by Gasteiger charge is 2.21. The van der Waals surface area contributed by atoms with E-state index in [2.05, 4.69) is 30.1 Å². The van der Waals surface area contributed by atoms with Gasteiger partial charge in [-0.05, 0) is 22.0 Å². The van der Waals surface area contributed by atoms with Crippen LogP contribution in [0.4, 0.5) is 4.39 Å². The van der Waals surface area contributed by atoms with Gasteiger partial charge in [0.25, 0.3) is 0 Å². The van der Waals surface area contributed by atoms with E-state index in [0.29, 0.717) is 15.7 Å². The molecule has 0 bridgehead atoms. The molecule has 1 atom stereocenters. The highest BCUT2D eigenvalue weighted by molar-refractivity contribution is 9.10. The maximum atomic E-state index is 14.0. The van der Waals surface area contributed by atoms with Crippen molar-refractivity contribution in [2.45, 2.75) is 6.04 Å². The Morgan fingerprint density at radius 1 is 1.53 bits per heavy atom. The number of rotatable bonds is 3. The molecule has 3 N–H and O–H groups in total. The largest absolute Gasteiger partial charge is 0.271 e. The van der Waals surface area contributed by atoms with Crippen molar-refractivity contribution < 1.29 is 4.39 Å². The molecule has 90 valence electrons. The fourth-order valence-corrected chi connectivity index (χ4v) is 2.32. The Bertz CT molecular complexity index is 522. The third-order valence-corrected chi connectivity index (χ3v) is 3.97. The standard InChI is InChI=1S/C9H7BrClFN4S/c10-5-2-1-4(8(12)7(5)11)9(15-13)6-3-14-17-16-6/h1-3,9,15H,13H2. The van der Waals surface area contributed by atoms with Gasteiger partial charge >= 0.3 is 0 Å². The second-order valence-electron chi connectivity index (χ2n) is 3.20. The lowest BCUT2D eigenvalue weighted by Crippen LogP contribution is -2.29. The van der Waals surface area contributed by atoms with Crippen LogP contribution in [0.2, 0.25) is 5.02 Å². The van der Waals surface area contributed by atoms with Gasteiger partial charge in [0.1, 0.15) is 5.82 Å². The Labute approximate surface area is 114 Å². The minimum absolute atomic E-state index is 0.0194. The second-order valence-corrected chi connectivity index (χ2v) is 4.99. The fourth-order valence-electron chi connectivity index (χ4n) is 1.40. The van der Waals surface area contributed by atoms with Crippen molar-refractivity contribution in [1.82, 2.24) is 14.2 Å². The summed E-state index contributed by atoms with van der Waals surface area (Å²) in [5.41, 5.74) is 3.38. The summed E-state index contributed by atoms with van der Waals surface area (Å²) in [4.78, 5) is 0. The minimum Gasteiger partial charge on any atom is -0.271 e. The molecule has 0 saturated carbocycles. The van der Waals surface area contributed by atoms with Crippen molar-refractivity contribution in [1.29, 1.82) is 0 Å². The van der Waals surface area contributed by atoms with E-state index in [1.165, 1.54) is 6.20 Å². The highest BCUT2D eigenvalue weighted by Crippen LogP contribution is 2.32. The summed E-state index contributed by atoms with van der Waals surface area (Å²) in [6, 6.07) is 2.68. The van der Waals surface area contributed by atoms with E-state index in [9.17, 15) is 4.39 Å². The fraction of sp³-hybridized carbons (Fsp3) is 0.111. The normalized spacial score (nSPS) is 12.7. The van der Waals surface area contributed by atoms with Crippen LogP contribution in [0.3, 0.4) is 0 Å². The van der Waals surface area contributed by atoms with Gasteiger partial charge < -0.3 is 0 Å². The Morgan fingerprint density at radius 2 is 2.29 bits per heavy atom. The SMILES string of the molecule is NNC(c1cnsn1)c1ccc(Br)c(Cl)c1F. The number of nitrogens with two attached hydrogens (primary N) is 1. The first-order chi connectivity index (χ1) is 8.15. The van der Waals surface area contributed by atoms with Crippen LogP contribution < -0.4 is 11.3 Å². The Kier molecular flexibility index (Phi) is 4.05. The van der Waals surface area contributed by atoms with E-state index in [-0.39, 0.29) is 5.02 Å². The molecule has 2 aromatic rings. The number of nitrogens with one attached hydrogen (secondary N) is 1. The number of nitrogens with zero attached hydrogens (tertiary/aromatic N) is 2. The van der Waals surface area contributed by atoms with Crippen LogP contribution in [0.5, 0.6) is 0 Å². The highest BCUT2D eigenvalue weighted by atomic mass is 79.9. The van der Waals surface area contributed by atoms with Crippen LogP contribution in [0.25, 0.3) is 0 Å². The van der Waals surface area contributed by atoms with Gasteiger partial charge in [0.05, 0.1) is 34.7 Å². The molecule has 8 heteroatoms. The summed E-state index contributed by atoms with van der Waals surface area (Å²) in [7, 11) is 0. The summed E-state index contributed by atoms with van der Waals surface area (Å²) in [6.45, 7) is 0. The molecule has 0 aliphatic rings. The predicted molar refractivity (Wildman–Crippen MR) is 68.2 cm³/mol. The van der Waals surface area contributed by atoms with E-state index in [0.717, 1.165) is 11.7 Å². The topological polar surface area (TPSA) is 63.8 Å². The number of benzene rings is 1. The monoisotopic (exact) mass is 336 g/mol. The van der Waals surface area contributed by atoms with Crippen LogP contribution in [-0.2, 0) is 0 Å². The summed E-state index contributed by atoms with van der Waals surface area (Å²) in [5.74, 6) is 4.89. The molecule has 0 fully saturated rings. The Hall–Kier alpha value is -0.600. The van der Waals surface area contributed by atoms with Gasteiger partial charge in [-0.3, -0.25) is 5.84 Å². The molecule has 0 aliphatic carbocycles. The van der Waals surface area contributed by atoms with Crippen molar-refractivity contribution in [3.8, 4) is 0 Å². The zero-order chi connectivity index (χ0) is 12.4. The molecule has 2 rings (SSSR count). The van der Waals surface area contributed by atoms with E-state index in [1.807, 2.05) is 0 Å². The van der Waals surface area contributed by atoms with Gasteiger partial charge in [-0.25, -0.2) is 9.82 Å².